The van der Waals surface area contributed by atoms with E-state index in [0.29, 0.717) is 12.8 Å². The van der Waals surface area contributed by atoms with E-state index in [1.165, 1.54) is 0 Å². The van der Waals surface area contributed by atoms with Crippen molar-refractivity contribution in [1.82, 2.24) is 4.90 Å². The van der Waals surface area contributed by atoms with E-state index in [2.05, 4.69) is 4.90 Å². The molecule has 2 heterocycles. The van der Waals surface area contributed by atoms with E-state index >= 15 is 0 Å². The fourth-order valence-corrected chi connectivity index (χ4v) is 4.63. The number of carbonyl (C=O) groups excluding carboxylic acids is 3. The molecule has 0 amide bonds. The topological polar surface area (TPSA) is 72.9 Å². The zero-order valence-electron chi connectivity index (χ0n) is 13.9. The molecule has 0 aromatic heterocycles. The maximum atomic E-state index is 12.7. The lowest BCUT2D eigenvalue weighted by molar-refractivity contribution is -0.176. The van der Waals surface area contributed by atoms with E-state index in [1.807, 2.05) is 0 Å². The Bertz CT molecular complexity index is 499. The highest BCUT2D eigenvalue weighted by Crippen LogP contribution is 2.49. The highest BCUT2D eigenvalue weighted by molar-refractivity contribution is 6.01. The van der Waals surface area contributed by atoms with Gasteiger partial charge in [0.2, 0.25) is 0 Å². The van der Waals surface area contributed by atoms with Crippen LogP contribution in [0.1, 0.15) is 46.0 Å². The van der Waals surface area contributed by atoms with Crippen molar-refractivity contribution in [2.24, 2.45) is 11.3 Å². The van der Waals surface area contributed by atoms with Gasteiger partial charge in [-0.25, -0.2) is 0 Å². The molecular formula is C17H25NO5. The number of carbonyl (C=O) groups is 3. The van der Waals surface area contributed by atoms with Crippen LogP contribution in [-0.2, 0) is 23.9 Å². The molecule has 2 aliphatic heterocycles. The molecule has 0 unspecified atom stereocenters. The van der Waals surface area contributed by atoms with Crippen LogP contribution in [0.25, 0.3) is 0 Å². The normalized spacial score (nSPS) is 32.3. The fraction of sp³-hybridized carbons (Fsp3) is 0.824. The second-order valence-corrected chi connectivity index (χ2v) is 6.74. The first kappa shape index (κ1) is 16.4. The van der Waals surface area contributed by atoms with Crippen molar-refractivity contribution in [3.05, 3.63) is 0 Å². The smallest absolute Gasteiger partial charge is 0.323 e. The quantitative estimate of drug-likeness (QED) is 0.574. The van der Waals surface area contributed by atoms with Crippen LogP contribution in [0.2, 0.25) is 0 Å². The summed E-state index contributed by atoms with van der Waals surface area (Å²) in [6, 6.07) is 0.164. The van der Waals surface area contributed by atoms with Crippen molar-refractivity contribution in [1.29, 1.82) is 0 Å². The Hall–Kier alpha value is -1.43. The molecule has 0 bridgehead atoms. The summed E-state index contributed by atoms with van der Waals surface area (Å²) in [4.78, 5) is 40.1. The molecule has 128 valence electrons. The van der Waals surface area contributed by atoms with E-state index in [4.69, 9.17) is 9.47 Å². The summed E-state index contributed by atoms with van der Waals surface area (Å²) in [7, 11) is 0. The molecule has 23 heavy (non-hydrogen) atoms. The van der Waals surface area contributed by atoms with Gasteiger partial charge in [-0.3, -0.25) is 19.3 Å². The first-order chi connectivity index (χ1) is 11.0. The number of ether oxygens (including phenoxy) is 2. The lowest BCUT2D eigenvalue weighted by atomic mass is 9.67. The van der Waals surface area contributed by atoms with Gasteiger partial charge in [-0.1, -0.05) is 0 Å². The minimum Gasteiger partial charge on any atom is -0.465 e. The second kappa shape index (κ2) is 6.23. The maximum Gasteiger partial charge on any atom is 0.323 e. The molecule has 3 fully saturated rings. The highest BCUT2D eigenvalue weighted by atomic mass is 16.6. The van der Waals surface area contributed by atoms with E-state index in [1.54, 1.807) is 13.8 Å². The summed E-state index contributed by atoms with van der Waals surface area (Å²) >= 11 is 0. The maximum absolute atomic E-state index is 12.7. The molecule has 0 aromatic rings. The number of fused-ring (bicyclic) bond motifs is 3. The van der Waals surface area contributed by atoms with Gasteiger partial charge in [-0.05, 0) is 52.5 Å². The average molecular weight is 323 g/mol. The molecular weight excluding hydrogens is 298 g/mol. The molecule has 1 aliphatic carbocycles. The summed E-state index contributed by atoms with van der Waals surface area (Å²) in [5.41, 5.74) is -1.30. The van der Waals surface area contributed by atoms with Gasteiger partial charge in [-0.2, -0.15) is 0 Å². The summed E-state index contributed by atoms with van der Waals surface area (Å²) in [5.74, 6) is -1.11. The monoisotopic (exact) mass is 323 g/mol. The van der Waals surface area contributed by atoms with Crippen molar-refractivity contribution in [2.75, 3.05) is 19.8 Å². The summed E-state index contributed by atoms with van der Waals surface area (Å²) < 4.78 is 10.3. The Morgan fingerprint density at radius 2 is 1.83 bits per heavy atom. The number of rotatable bonds is 4. The van der Waals surface area contributed by atoms with Crippen LogP contribution in [0.4, 0.5) is 0 Å². The third-order valence-corrected chi connectivity index (χ3v) is 5.65. The number of hydrogen-bond donors (Lipinski definition) is 0. The lowest BCUT2D eigenvalue weighted by Crippen LogP contribution is -2.50. The van der Waals surface area contributed by atoms with Gasteiger partial charge >= 0.3 is 11.9 Å². The average Bonchev–Trinajstić information content (AvgIpc) is 3.11. The Morgan fingerprint density at radius 1 is 1.17 bits per heavy atom. The van der Waals surface area contributed by atoms with Crippen molar-refractivity contribution in [3.8, 4) is 0 Å². The van der Waals surface area contributed by atoms with Crippen LogP contribution in [0.3, 0.4) is 0 Å². The number of ketones is 1. The zero-order valence-corrected chi connectivity index (χ0v) is 13.9. The van der Waals surface area contributed by atoms with Crippen LogP contribution in [-0.4, -0.2) is 54.5 Å². The van der Waals surface area contributed by atoms with Crippen molar-refractivity contribution in [3.63, 3.8) is 0 Å². The first-order valence-electron chi connectivity index (χ1n) is 8.69. The summed E-state index contributed by atoms with van der Waals surface area (Å²) in [6.07, 6.45) is 3.27. The molecule has 6 nitrogen and oxygen atoms in total. The van der Waals surface area contributed by atoms with E-state index in [-0.39, 0.29) is 43.4 Å². The van der Waals surface area contributed by atoms with Crippen molar-refractivity contribution < 1.29 is 23.9 Å². The van der Waals surface area contributed by atoms with Gasteiger partial charge < -0.3 is 9.47 Å². The summed E-state index contributed by atoms with van der Waals surface area (Å²) in [6.45, 7) is 4.83. The molecule has 2 saturated heterocycles. The van der Waals surface area contributed by atoms with Crippen LogP contribution in [0.15, 0.2) is 0 Å². The third-order valence-electron chi connectivity index (χ3n) is 5.65. The molecule has 0 radical (unpaired) electrons. The predicted octanol–water partition coefficient (Wildman–Crippen LogP) is 1.31. The van der Waals surface area contributed by atoms with Crippen LogP contribution < -0.4 is 0 Å². The number of hydrogen-bond acceptors (Lipinski definition) is 6. The molecule has 6 heteroatoms. The second-order valence-electron chi connectivity index (χ2n) is 6.74. The zero-order chi connectivity index (χ0) is 16.6. The Labute approximate surface area is 136 Å². The number of Topliss-reactive ketones (excluding diaryl/α,β-unsaturated/α-hetero) is 1. The Balaban J connectivity index is 1.87. The highest BCUT2D eigenvalue weighted by Gasteiger charge is 2.60. The lowest BCUT2D eigenvalue weighted by Gasteiger charge is -2.39. The molecule has 3 rings (SSSR count). The van der Waals surface area contributed by atoms with Crippen LogP contribution in [0.5, 0.6) is 0 Å². The van der Waals surface area contributed by atoms with E-state index in [9.17, 15) is 14.4 Å². The van der Waals surface area contributed by atoms with Gasteiger partial charge in [0.15, 0.2) is 11.2 Å². The van der Waals surface area contributed by atoms with Crippen LogP contribution >= 0.6 is 0 Å². The minimum atomic E-state index is -1.30. The predicted molar refractivity (Wildman–Crippen MR) is 81.6 cm³/mol. The van der Waals surface area contributed by atoms with Gasteiger partial charge in [0.05, 0.1) is 19.3 Å². The molecule has 0 N–H and O–H groups in total. The molecule has 1 saturated carbocycles. The van der Waals surface area contributed by atoms with Gasteiger partial charge in [0.1, 0.15) is 0 Å². The Kier molecular flexibility index (Phi) is 4.45. The van der Waals surface area contributed by atoms with Gasteiger partial charge in [0.25, 0.3) is 0 Å². The molecule has 3 aliphatic rings. The SMILES string of the molecule is CCOC(=O)C1(C(=O)OCC)CC[C@H]2[C@H](C1)C(=O)[C@@H]1CCCN12. The number of esters is 2. The van der Waals surface area contributed by atoms with Crippen molar-refractivity contribution in [2.45, 2.75) is 58.0 Å². The summed E-state index contributed by atoms with van der Waals surface area (Å²) in [5, 5.41) is 0. The van der Waals surface area contributed by atoms with Crippen LogP contribution in [0, 0.1) is 11.3 Å². The van der Waals surface area contributed by atoms with Crippen molar-refractivity contribution >= 4 is 17.7 Å². The minimum absolute atomic E-state index is 0.00908. The first-order valence-corrected chi connectivity index (χ1v) is 8.69. The molecule has 0 spiro atoms. The van der Waals surface area contributed by atoms with E-state index in [0.717, 1.165) is 19.4 Å². The van der Waals surface area contributed by atoms with Gasteiger partial charge in [0, 0.05) is 12.0 Å². The molecule has 3 atom stereocenters. The largest absolute Gasteiger partial charge is 0.465 e. The molecule has 0 aromatic carbocycles. The fourth-order valence-electron chi connectivity index (χ4n) is 4.63. The Morgan fingerprint density at radius 3 is 2.43 bits per heavy atom. The van der Waals surface area contributed by atoms with Gasteiger partial charge in [-0.15, -0.1) is 0 Å². The van der Waals surface area contributed by atoms with E-state index < -0.39 is 17.4 Å². The third kappa shape index (κ3) is 2.47. The number of nitrogens with zero attached hydrogens (tertiary/aromatic N) is 1. The standard InChI is InChI=1S/C17H25NO5/c1-3-22-15(20)17(16(21)23-4-2)8-7-12-11(10-17)14(19)13-6-5-9-18(12)13/h11-13H,3-10H2,1-2H3/t11-,12-,13-/m0/s1.